The quantitative estimate of drug-likeness (QED) is 0.752. The van der Waals surface area contributed by atoms with Gasteiger partial charge in [0.2, 0.25) is 17.7 Å². The molecule has 0 aliphatic rings. The van der Waals surface area contributed by atoms with Gasteiger partial charge < -0.3 is 15.1 Å². The molecule has 0 saturated heterocycles. The molecule has 0 atom stereocenters. The van der Waals surface area contributed by atoms with Crippen molar-refractivity contribution >= 4 is 23.4 Å². The van der Waals surface area contributed by atoms with Gasteiger partial charge in [-0.1, -0.05) is 23.7 Å². The van der Waals surface area contributed by atoms with Gasteiger partial charge in [-0.05, 0) is 25.5 Å². The summed E-state index contributed by atoms with van der Waals surface area (Å²) in [6.07, 6.45) is 0.813. The average Bonchev–Trinajstić information content (AvgIpc) is 2.87. The highest BCUT2D eigenvalue weighted by molar-refractivity contribution is 6.33. The third-order valence-electron chi connectivity index (χ3n) is 3.37. The normalized spacial score (nSPS) is 10.5. The van der Waals surface area contributed by atoms with E-state index < -0.39 is 0 Å². The maximum Gasteiger partial charge on any atom is 0.228 e. The molecule has 0 saturated carbocycles. The van der Waals surface area contributed by atoms with Gasteiger partial charge in [-0.2, -0.15) is 0 Å². The summed E-state index contributed by atoms with van der Waals surface area (Å²) in [7, 11) is 0. The van der Waals surface area contributed by atoms with Crippen molar-refractivity contribution in [1.29, 1.82) is 0 Å². The molecule has 0 radical (unpaired) electrons. The van der Waals surface area contributed by atoms with E-state index in [0.29, 0.717) is 47.4 Å². The topological polar surface area (TPSA) is 84.2 Å². The number of hydrogen-bond donors (Lipinski definition) is 2. The minimum atomic E-state index is -0.139. The molecule has 7 heteroatoms. The number of nitrogens with zero attached hydrogens (tertiary/aromatic N) is 1. The van der Waals surface area contributed by atoms with Crippen LogP contribution in [0.5, 0.6) is 0 Å². The first-order valence-corrected chi connectivity index (χ1v) is 8.07. The van der Waals surface area contributed by atoms with Crippen molar-refractivity contribution in [3.8, 4) is 11.5 Å². The highest BCUT2D eigenvalue weighted by atomic mass is 35.5. The highest BCUT2D eigenvalue weighted by Crippen LogP contribution is 2.28. The standard InChI is InChI=1S/C17H20ClN3O3/c1-11-15(10-16(23)20-9-5-8-19-12(2)22)21-17(24-11)13-6-3-4-7-14(13)18/h3-4,6-7H,5,8-10H2,1-2H3,(H,19,22)(H,20,23). The predicted octanol–water partition coefficient (Wildman–Crippen LogP) is 2.49. The monoisotopic (exact) mass is 349 g/mol. The lowest BCUT2D eigenvalue weighted by molar-refractivity contribution is -0.120. The second-order valence-electron chi connectivity index (χ2n) is 5.36. The van der Waals surface area contributed by atoms with Gasteiger partial charge in [-0.25, -0.2) is 4.98 Å². The number of aromatic nitrogens is 1. The Kier molecular flexibility index (Phi) is 6.37. The Hall–Kier alpha value is -2.34. The molecule has 0 spiro atoms. The summed E-state index contributed by atoms with van der Waals surface area (Å²) >= 11 is 6.14. The molecule has 0 aliphatic carbocycles. The summed E-state index contributed by atoms with van der Waals surface area (Å²) in [5, 5.41) is 6.02. The molecule has 0 bridgehead atoms. The smallest absolute Gasteiger partial charge is 0.228 e. The van der Waals surface area contributed by atoms with E-state index in [2.05, 4.69) is 15.6 Å². The molecule has 2 N–H and O–H groups in total. The number of oxazole rings is 1. The molecule has 2 amide bonds. The minimum absolute atomic E-state index is 0.0772. The second-order valence-corrected chi connectivity index (χ2v) is 5.77. The Morgan fingerprint density at radius 2 is 1.92 bits per heavy atom. The van der Waals surface area contributed by atoms with Gasteiger partial charge >= 0.3 is 0 Å². The first-order valence-electron chi connectivity index (χ1n) is 7.69. The number of nitrogens with one attached hydrogen (secondary N) is 2. The molecule has 24 heavy (non-hydrogen) atoms. The van der Waals surface area contributed by atoms with E-state index in [1.165, 1.54) is 6.92 Å². The van der Waals surface area contributed by atoms with E-state index >= 15 is 0 Å². The van der Waals surface area contributed by atoms with E-state index in [0.717, 1.165) is 0 Å². The summed E-state index contributed by atoms with van der Waals surface area (Å²) in [4.78, 5) is 27.1. The first kappa shape index (κ1) is 18.0. The van der Waals surface area contributed by atoms with Crippen LogP contribution in [0.2, 0.25) is 5.02 Å². The number of halogens is 1. The van der Waals surface area contributed by atoms with Gasteiger partial charge in [0, 0.05) is 20.0 Å². The molecule has 1 aromatic carbocycles. The lowest BCUT2D eigenvalue weighted by Gasteiger charge is -2.04. The molecule has 1 heterocycles. The summed E-state index contributed by atoms with van der Waals surface area (Å²) in [5.74, 6) is 0.788. The van der Waals surface area contributed by atoms with E-state index in [9.17, 15) is 9.59 Å². The summed E-state index contributed by atoms with van der Waals surface area (Å²) < 4.78 is 5.63. The van der Waals surface area contributed by atoms with Crippen LogP contribution < -0.4 is 10.6 Å². The van der Waals surface area contributed by atoms with Gasteiger partial charge in [0.25, 0.3) is 0 Å². The van der Waals surface area contributed by atoms with E-state index in [1.54, 1.807) is 13.0 Å². The molecule has 0 fully saturated rings. The van der Waals surface area contributed by atoms with Crippen LogP contribution in [0, 0.1) is 6.92 Å². The fourth-order valence-electron chi connectivity index (χ4n) is 2.14. The second kappa shape index (κ2) is 8.49. The SMILES string of the molecule is CC(=O)NCCCNC(=O)Cc1nc(-c2ccccc2Cl)oc1C. The van der Waals surface area contributed by atoms with Crippen LogP contribution in [0.4, 0.5) is 0 Å². The third-order valence-corrected chi connectivity index (χ3v) is 3.70. The molecule has 2 rings (SSSR count). The number of rotatable bonds is 7. The zero-order valence-corrected chi connectivity index (χ0v) is 14.4. The van der Waals surface area contributed by atoms with Crippen LogP contribution in [0.15, 0.2) is 28.7 Å². The highest BCUT2D eigenvalue weighted by Gasteiger charge is 2.16. The van der Waals surface area contributed by atoms with Crippen molar-refractivity contribution in [3.63, 3.8) is 0 Å². The summed E-state index contributed by atoms with van der Waals surface area (Å²) in [6, 6.07) is 7.26. The Labute approximate surface area is 145 Å². The van der Waals surface area contributed by atoms with Crippen molar-refractivity contribution in [1.82, 2.24) is 15.6 Å². The van der Waals surface area contributed by atoms with Crippen LogP contribution in [0.25, 0.3) is 11.5 Å². The fraction of sp³-hybridized carbons (Fsp3) is 0.353. The van der Waals surface area contributed by atoms with Gasteiger partial charge in [0.15, 0.2) is 0 Å². The maximum atomic E-state index is 12.0. The van der Waals surface area contributed by atoms with Crippen LogP contribution >= 0.6 is 11.6 Å². The summed E-state index contributed by atoms with van der Waals surface area (Å²) in [6.45, 7) is 4.26. The third kappa shape index (κ3) is 5.09. The van der Waals surface area contributed by atoms with Crippen molar-refractivity contribution in [2.75, 3.05) is 13.1 Å². The van der Waals surface area contributed by atoms with Crippen molar-refractivity contribution in [2.45, 2.75) is 26.7 Å². The van der Waals surface area contributed by atoms with Crippen molar-refractivity contribution < 1.29 is 14.0 Å². The van der Waals surface area contributed by atoms with E-state index in [4.69, 9.17) is 16.0 Å². The van der Waals surface area contributed by atoms with Crippen molar-refractivity contribution in [2.24, 2.45) is 0 Å². The zero-order chi connectivity index (χ0) is 17.5. The number of aryl methyl sites for hydroxylation is 1. The zero-order valence-electron chi connectivity index (χ0n) is 13.7. The van der Waals surface area contributed by atoms with Crippen LogP contribution in [-0.4, -0.2) is 29.9 Å². The van der Waals surface area contributed by atoms with Gasteiger partial charge in [-0.15, -0.1) is 0 Å². The lowest BCUT2D eigenvalue weighted by Crippen LogP contribution is -2.29. The number of hydrogen-bond acceptors (Lipinski definition) is 4. The lowest BCUT2D eigenvalue weighted by atomic mass is 10.2. The van der Waals surface area contributed by atoms with E-state index in [1.807, 2.05) is 18.2 Å². The van der Waals surface area contributed by atoms with Gasteiger partial charge in [-0.3, -0.25) is 9.59 Å². The van der Waals surface area contributed by atoms with E-state index in [-0.39, 0.29) is 18.2 Å². The molecule has 2 aromatic rings. The predicted molar refractivity (Wildman–Crippen MR) is 91.7 cm³/mol. The first-order chi connectivity index (χ1) is 11.5. The van der Waals surface area contributed by atoms with Crippen LogP contribution in [0.1, 0.15) is 24.8 Å². The molecule has 1 aromatic heterocycles. The largest absolute Gasteiger partial charge is 0.441 e. The summed E-state index contributed by atoms with van der Waals surface area (Å²) in [5.41, 5.74) is 1.29. The molecule has 128 valence electrons. The number of amides is 2. The maximum absolute atomic E-state index is 12.0. The van der Waals surface area contributed by atoms with Crippen molar-refractivity contribution in [3.05, 3.63) is 40.7 Å². The number of carbonyl (C=O) groups is 2. The fourth-order valence-corrected chi connectivity index (χ4v) is 2.35. The van der Waals surface area contributed by atoms with Crippen LogP contribution in [-0.2, 0) is 16.0 Å². The molecular weight excluding hydrogens is 330 g/mol. The number of benzene rings is 1. The Morgan fingerprint density at radius 3 is 2.62 bits per heavy atom. The van der Waals surface area contributed by atoms with Crippen LogP contribution in [0.3, 0.4) is 0 Å². The molecule has 0 aliphatic heterocycles. The minimum Gasteiger partial charge on any atom is -0.441 e. The van der Waals surface area contributed by atoms with Gasteiger partial charge in [0.05, 0.1) is 22.7 Å². The van der Waals surface area contributed by atoms with Gasteiger partial charge in [0.1, 0.15) is 5.76 Å². The Morgan fingerprint density at radius 1 is 1.21 bits per heavy atom. The Bertz CT molecular complexity index is 728. The molecule has 0 unspecified atom stereocenters. The Balaban J connectivity index is 1.90. The average molecular weight is 350 g/mol. The molecular formula is C17H20ClN3O3. The molecule has 6 nitrogen and oxygen atoms in total. The number of carbonyl (C=O) groups excluding carboxylic acids is 2.